The summed E-state index contributed by atoms with van der Waals surface area (Å²) in [7, 11) is 0. The Morgan fingerprint density at radius 3 is 2.38 bits per heavy atom. The van der Waals surface area contributed by atoms with Gasteiger partial charge in [-0.15, -0.1) is 0 Å². The average Bonchev–Trinajstić information content (AvgIpc) is 2.94. The maximum atomic E-state index is 12.8. The number of nitrogens with zero attached hydrogens (tertiary/aromatic N) is 1. The van der Waals surface area contributed by atoms with Gasteiger partial charge in [0.2, 0.25) is 0 Å². The SMILES string of the molecule is CC(C)(C)N(Cc1ccccc1)C(=O)COC(=O)c1ccc2c(c1)OCCCO2. The predicted octanol–water partition coefficient (Wildman–Crippen LogP) is 3.83. The maximum Gasteiger partial charge on any atom is 0.338 e. The number of fused-ring (bicyclic) bond motifs is 1. The van der Waals surface area contributed by atoms with Crippen molar-refractivity contribution in [2.75, 3.05) is 19.8 Å². The largest absolute Gasteiger partial charge is 0.490 e. The van der Waals surface area contributed by atoms with E-state index in [1.54, 1.807) is 23.1 Å². The van der Waals surface area contributed by atoms with Gasteiger partial charge in [-0.2, -0.15) is 0 Å². The van der Waals surface area contributed by atoms with E-state index in [4.69, 9.17) is 14.2 Å². The molecule has 29 heavy (non-hydrogen) atoms. The van der Waals surface area contributed by atoms with E-state index in [-0.39, 0.29) is 12.5 Å². The number of carbonyl (C=O) groups is 2. The molecule has 0 saturated heterocycles. The molecule has 6 nitrogen and oxygen atoms in total. The fourth-order valence-electron chi connectivity index (χ4n) is 3.04. The second-order valence-corrected chi connectivity index (χ2v) is 7.92. The molecule has 0 aromatic heterocycles. The van der Waals surface area contributed by atoms with E-state index in [0.29, 0.717) is 36.8 Å². The molecule has 1 aliphatic rings. The molecule has 6 heteroatoms. The third-order valence-corrected chi connectivity index (χ3v) is 4.60. The summed E-state index contributed by atoms with van der Waals surface area (Å²) in [6.45, 7) is 7.11. The molecule has 1 aliphatic heterocycles. The third kappa shape index (κ3) is 5.50. The highest BCUT2D eigenvalue weighted by atomic mass is 16.5. The summed E-state index contributed by atoms with van der Waals surface area (Å²) in [5.74, 6) is 0.312. The number of hydrogen-bond acceptors (Lipinski definition) is 5. The van der Waals surface area contributed by atoms with E-state index in [2.05, 4.69) is 0 Å². The lowest BCUT2D eigenvalue weighted by atomic mass is 10.0. The van der Waals surface area contributed by atoms with E-state index in [9.17, 15) is 9.59 Å². The number of rotatable bonds is 5. The first-order valence-corrected chi connectivity index (χ1v) is 9.76. The van der Waals surface area contributed by atoms with Crippen LogP contribution in [-0.2, 0) is 16.1 Å². The Morgan fingerprint density at radius 2 is 1.69 bits per heavy atom. The summed E-state index contributed by atoms with van der Waals surface area (Å²) >= 11 is 0. The van der Waals surface area contributed by atoms with Crippen molar-refractivity contribution in [3.8, 4) is 11.5 Å². The molecule has 0 spiro atoms. The molecule has 0 unspecified atom stereocenters. The molecule has 1 heterocycles. The van der Waals surface area contributed by atoms with E-state index in [0.717, 1.165) is 12.0 Å². The van der Waals surface area contributed by atoms with Gasteiger partial charge in [-0.3, -0.25) is 4.79 Å². The molecule has 1 amide bonds. The van der Waals surface area contributed by atoms with Crippen molar-refractivity contribution < 1.29 is 23.8 Å². The number of ether oxygens (including phenoxy) is 3. The highest BCUT2D eigenvalue weighted by Gasteiger charge is 2.27. The fraction of sp³-hybridized carbons (Fsp3) is 0.391. The zero-order valence-electron chi connectivity index (χ0n) is 17.1. The minimum atomic E-state index is -0.567. The van der Waals surface area contributed by atoms with Gasteiger partial charge in [-0.1, -0.05) is 30.3 Å². The Labute approximate surface area is 171 Å². The highest BCUT2D eigenvalue weighted by molar-refractivity contribution is 5.92. The van der Waals surface area contributed by atoms with Crippen LogP contribution in [0.2, 0.25) is 0 Å². The van der Waals surface area contributed by atoms with Gasteiger partial charge < -0.3 is 19.1 Å². The van der Waals surface area contributed by atoms with E-state index < -0.39 is 11.5 Å². The normalized spacial score (nSPS) is 13.3. The van der Waals surface area contributed by atoms with Crippen molar-refractivity contribution >= 4 is 11.9 Å². The Morgan fingerprint density at radius 1 is 1.00 bits per heavy atom. The van der Waals surface area contributed by atoms with Gasteiger partial charge in [0.15, 0.2) is 18.1 Å². The molecule has 2 aromatic carbocycles. The molecule has 2 aromatic rings. The van der Waals surface area contributed by atoms with Gasteiger partial charge in [0.05, 0.1) is 18.8 Å². The summed E-state index contributed by atoms with van der Waals surface area (Å²) in [6, 6.07) is 14.6. The van der Waals surface area contributed by atoms with Crippen LogP contribution in [-0.4, -0.2) is 42.1 Å². The van der Waals surface area contributed by atoms with Gasteiger partial charge in [0.1, 0.15) is 0 Å². The van der Waals surface area contributed by atoms with Crippen LogP contribution in [0.4, 0.5) is 0 Å². The number of amides is 1. The zero-order valence-corrected chi connectivity index (χ0v) is 17.1. The summed E-state index contributed by atoms with van der Waals surface area (Å²) < 4.78 is 16.5. The molecular weight excluding hydrogens is 370 g/mol. The lowest BCUT2D eigenvalue weighted by Crippen LogP contribution is -2.46. The Kier molecular flexibility index (Phi) is 6.42. The van der Waals surface area contributed by atoms with Crippen molar-refractivity contribution in [3.05, 3.63) is 59.7 Å². The molecule has 0 aliphatic carbocycles. The molecule has 0 radical (unpaired) electrons. The van der Waals surface area contributed by atoms with Gasteiger partial charge in [0, 0.05) is 18.5 Å². The second kappa shape index (κ2) is 8.99. The van der Waals surface area contributed by atoms with Gasteiger partial charge >= 0.3 is 5.97 Å². The van der Waals surface area contributed by atoms with Crippen molar-refractivity contribution in [1.82, 2.24) is 4.90 Å². The maximum absolute atomic E-state index is 12.8. The topological polar surface area (TPSA) is 65.1 Å². The molecular formula is C23H27NO5. The number of hydrogen-bond donors (Lipinski definition) is 0. The van der Waals surface area contributed by atoms with Crippen molar-refractivity contribution in [1.29, 1.82) is 0 Å². The van der Waals surface area contributed by atoms with Gasteiger partial charge in [0.25, 0.3) is 5.91 Å². The van der Waals surface area contributed by atoms with E-state index in [1.165, 1.54) is 0 Å². The molecule has 3 rings (SSSR count). The lowest BCUT2D eigenvalue weighted by molar-refractivity contribution is -0.140. The Balaban J connectivity index is 1.65. The average molecular weight is 397 g/mol. The lowest BCUT2D eigenvalue weighted by Gasteiger charge is -2.35. The van der Waals surface area contributed by atoms with Crippen LogP contribution in [0.15, 0.2) is 48.5 Å². The minimum Gasteiger partial charge on any atom is -0.490 e. The molecule has 0 fully saturated rings. The van der Waals surface area contributed by atoms with E-state index in [1.807, 2.05) is 51.1 Å². The van der Waals surface area contributed by atoms with Gasteiger partial charge in [-0.25, -0.2) is 4.79 Å². The van der Waals surface area contributed by atoms with Crippen LogP contribution in [0, 0.1) is 0 Å². The van der Waals surface area contributed by atoms with Crippen LogP contribution in [0.25, 0.3) is 0 Å². The quantitative estimate of drug-likeness (QED) is 0.718. The minimum absolute atomic E-state index is 0.246. The van der Waals surface area contributed by atoms with Crippen LogP contribution < -0.4 is 9.47 Å². The second-order valence-electron chi connectivity index (χ2n) is 7.92. The standard InChI is InChI=1S/C23H27NO5/c1-23(2,3)24(15-17-8-5-4-6-9-17)21(25)16-29-22(26)18-10-11-19-20(14-18)28-13-7-12-27-19/h4-6,8-11,14H,7,12-13,15-16H2,1-3H3. The summed E-state index contributed by atoms with van der Waals surface area (Å²) in [6.07, 6.45) is 0.785. The fourth-order valence-corrected chi connectivity index (χ4v) is 3.04. The van der Waals surface area contributed by atoms with E-state index >= 15 is 0 Å². The zero-order chi connectivity index (χ0) is 20.9. The number of benzene rings is 2. The first kappa shape index (κ1) is 20.7. The molecule has 0 saturated carbocycles. The Hall–Kier alpha value is -3.02. The van der Waals surface area contributed by atoms with Crippen LogP contribution in [0.3, 0.4) is 0 Å². The first-order valence-electron chi connectivity index (χ1n) is 9.76. The molecule has 0 atom stereocenters. The molecule has 0 N–H and O–H groups in total. The number of esters is 1. The summed E-state index contributed by atoms with van der Waals surface area (Å²) in [5, 5.41) is 0. The van der Waals surface area contributed by atoms with Gasteiger partial charge in [-0.05, 0) is 44.5 Å². The van der Waals surface area contributed by atoms with Crippen molar-refractivity contribution in [2.45, 2.75) is 39.3 Å². The Bertz CT molecular complexity index is 857. The first-order chi connectivity index (χ1) is 13.8. The smallest absolute Gasteiger partial charge is 0.338 e. The molecule has 154 valence electrons. The van der Waals surface area contributed by atoms with Crippen molar-refractivity contribution in [2.24, 2.45) is 0 Å². The monoisotopic (exact) mass is 397 g/mol. The predicted molar refractivity (Wildman–Crippen MR) is 109 cm³/mol. The summed E-state index contributed by atoms with van der Waals surface area (Å²) in [4.78, 5) is 27.0. The molecule has 0 bridgehead atoms. The number of carbonyl (C=O) groups excluding carboxylic acids is 2. The highest BCUT2D eigenvalue weighted by Crippen LogP contribution is 2.30. The van der Waals surface area contributed by atoms with Crippen LogP contribution in [0.1, 0.15) is 43.1 Å². The third-order valence-electron chi connectivity index (χ3n) is 4.60. The van der Waals surface area contributed by atoms with Crippen LogP contribution >= 0.6 is 0 Å². The van der Waals surface area contributed by atoms with Crippen molar-refractivity contribution in [3.63, 3.8) is 0 Å². The summed E-state index contributed by atoms with van der Waals surface area (Å²) in [5.41, 5.74) is 0.937. The van der Waals surface area contributed by atoms with Crippen LogP contribution in [0.5, 0.6) is 11.5 Å².